The molecule has 0 radical (unpaired) electrons. The number of hydrogen-bond donors (Lipinski definition) is 3. The van der Waals surface area contributed by atoms with Crippen molar-refractivity contribution in [2.24, 2.45) is 0 Å². The third-order valence-corrected chi connectivity index (χ3v) is 4.23. The number of nitro benzene ring substituents is 1. The third kappa shape index (κ3) is 7.58. The maximum absolute atomic E-state index is 12.0. The highest BCUT2D eigenvalue weighted by Gasteiger charge is 2.19. The number of nitrogens with two attached hydrogens (primary N) is 1. The molecule has 0 unspecified atom stereocenters. The van der Waals surface area contributed by atoms with Gasteiger partial charge in [-0.2, -0.15) is 0 Å². The number of non-ortho nitro benzene ring substituents is 1. The molecule has 0 saturated carbocycles. The zero-order valence-corrected chi connectivity index (χ0v) is 15.2. The first-order valence-electron chi connectivity index (χ1n) is 8.79. The summed E-state index contributed by atoms with van der Waals surface area (Å²) in [4.78, 5) is 34.9. The fourth-order valence-electron chi connectivity index (χ4n) is 2.65. The highest BCUT2D eigenvalue weighted by Crippen LogP contribution is 2.17. The summed E-state index contributed by atoms with van der Waals surface area (Å²) in [6, 6.07) is 4.51. The number of nitrogens with zero attached hydrogens (tertiary/aromatic N) is 1. The zero-order valence-electron chi connectivity index (χ0n) is 15.2. The van der Waals surface area contributed by atoms with Crippen molar-refractivity contribution in [3.63, 3.8) is 0 Å². The minimum absolute atomic E-state index is 0.148. The molecule has 1 aromatic carbocycles. The van der Waals surface area contributed by atoms with E-state index in [9.17, 15) is 24.8 Å². The molecule has 0 aromatic heterocycles. The van der Waals surface area contributed by atoms with Gasteiger partial charge in [-0.1, -0.05) is 6.07 Å². The number of benzene rings is 1. The summed E-state index contributed by atoms with van der Waals surface area (Å²) in [5, 5.41) is 26.1. The highest BCUT2D eigenvalue weighted by molar-refractivity contribution is 5.93. The van der Waals surface area contributed by atoms with Crippen LogP contribution in [0.15, 0.2) is 24.3 Å². The number of carboxylic acid groups (broad SMARTS) is 1. The Morgan fingerprint density at radius 2 is 2.00 bits per heavy atom. The van der Waals surface area contributed by atoms with Gasteiger partial charge in [0.2, 0.25) is 5.91 Å². The van der Waals surface area contributed by atoms with Crippen molar-refractivity contribution in [3.8, 4) is 0 Å². The van der Waals surface area contributed by atoms with Crippen LogP contribution in [0.2, 0.25) is 0 Å². The summed E-state index contributed by atoms with van der Waals surface area (Å²) in [7, 11) is 0. The van der Waals surface area contributed by atoms with E-state index in [0.717, 1.165) is 26.1 Å². The Kier molecular flexibility index (Phi) is 9.24. The number of carbonyl (C=O) groups is 2. The predicted octanol–water partition coefficient (Wildman–Crippen LogP) is -2.08. The average Bonchev–Trinajstić information content (AvgIpc) is 2.60. The van der Waals surface area contributed by atoms with Crippen molar-refractivity contribution in [2.75, 3.05) is 31.5 Å². The Hall–Kier alpha value is -2.52. The number of aliphatic carboxylic acids is 1. The van der Waals surface area contributed by atoms with Crippen molar-refractivity contribution >= 4 is 23.3 Å². The average molecular weight is 367 g/mol. The van der Waals surface area contributed by atoms with Crippen molar-refractivity contribution in [1.29, 1.82) is 0 Å². The summed E-state index contributed by atoms with van der Waals surface area (Å²) >= 11 is 0. The standard InChI is InChI=1S/C17H26N4O5/c1-3-20(4-2)10-6-9-18-15(17(23)24)12-16(22)19-13-7-5-8-14(11-13)21(25)26/h5,7-8,11,15,18H,3-4,6,9-10,12H2,1-2H3,(H,19,22)(H,23,24)/p+1/t15-/m0/s1. The maximum atomic E-state index is 12.0. The molecule has 4 N–H and O–H groups in total. The van der Waals surface area contributed by atoms with Crippen molar-refractivity contribution in [2.45, 2.75) is 32.7 Å². The number of quaternary nitrogens is 2. The molecule has 0 aliphatic rings. The third-order valence-electron chi connectivity index (χ3n) is 4.23. The van der Waals surface area contributed by atoms with E-state index >= 15 is 0 Å². The molecule has 0 fully saturated rings. The van der Waals surface area contributed by atoms with Gasteiger partial charge in [0.1, 0.15) is 6.04 Å². The quantitative estimate of drug-likeness (QED) is 0.221. The van der Waals surface area contributed by atoms with Crippen LogP contribution in [0.1, 0.15) is 26.7 Å². The van der Waals surface area contributed by atoms with Crippen LogP contribution in [0.3, 0.4) is 0 Å². The first-order chi connectivity index (χ1) is 12.4. The molecule has 0 heterocycles. The van der Waals surface area contributed by atoms with E-state index in [1.54, 1.807) is 5.32 Å². The lowest BCUT2D eigenvalue weighted by Crippen LogP contribution is -3.11. The van der Waals surface area contributed by atoms with Gasteiger partial charge < -0.3 is 25.4 Å². The zero-order chi connectivity index (χ0) is 19.5. The van der Waals surface area contributed by atoms with E-state index in [1.807, 2.05) is 0 Å². The van der Waals surface area contributed by atoms with Gasteiger partial charge in [-0.05, 0) is 19.9 Å². The number of anilines is 1. The van der Waals surface area contributed by atoms with E-state index in [1.165, 1.54) is 29.2 Å². The van der Waals surface area contributed by atoms with Crippen LogP contribution in [-0.4, -0.2) is 49.0 Å². The molecule has 9 nitrogen and oxygen atoms in total. The summed E-state index contributed by atoms with van der Waals surface area (Å²) < 4.78 is 0. The smallest absolute Gasteiger partial charge is 0.271 e. The Bertz CT molecular complexity index is 619. The Balaban J connectivity index is 2.51. The molecule has 1 rings (SSSR count). The monoisotopic (exact) mass is 367 g/mol. The van der Waals surface area contributed by atoms with Gasteiger partial charge in [0.15, 0.2) is 0 Å². The lowest BCUT2D eigenvalue weighted by molar-refractivity contribution is -0.898. The summed E-state index contributed by atoms with van der Waals surface area (Å²) in [6.45, 7) is 7.78. The molecule has 1 aromatic rings. The predicted molar refractivity (Wildman–Crippen MR) is 93.5 cm³/mol. The van der Waals surface area contributed by atoms with Crippen LogP contribution in [-0.2, 0) is 9.59 Å². The van der Waals surface area contributed by atoms with Crippen LogP contribution in [0.4, 0.5) is 11.4 Å². The molecule has 144 valence electrons. The van der Waals surface area contributed by atoms with E-state index in [4.69, 9.17) is 0 Å². The molecule has 1 atom stereocenters. The van der Waals surface area contributed by atoms with Gasteiger partial charge in [-0.3, -0.25) is 14.9 Å². The van der Waals surface area contributed by atoms with Gasteiger partial charge >= 0.3 is 0 Å². The summed E-state index contributed by atoms with van der Waals surface area (Å²) in [5.74, 6) is -1.82. The number of carboxylic acids is 1. The molecule has 1 amide bonds. The number of hydrogen-bond acceptors (Lipinski definition) is 5. The Morgan fingerprint density at radius 1 is 1.31 bits per heavy atom. The molecule has 9 heteroatoms. The minimum atomic E-state index is -1.30. The van der Waals surface area contributed by atoms with Gasteiger partial charge in [0.25, 0.3) is 5.69 Å². The normalized spacial score (nSPS) is 12.0. The van der Waals surface area contributed by atoms with E-state index in [0.29, 0.717) is 6.54 Å². The largest absolute Gasteiger partial charge is 0.544 e. The summed E-state index contributed by atoms with van der Waals surface area (Å²) in [5.41, 5.74) is 0.108. The molecular formula is C17H27N4O5+. The van der Waals surface area contributed by atoms with Crippen molar-refractivity contribution < 1.29 is 29.8 Å². The van der Waals surface area contributed by atoms with Crippen LogP contribution in [0, 0.1) is 10.1 Å². The van der Waals surface area contributed by atoms with Crippen molar-refractivity contribution in [3.05, 3.63) is 34.4 Å². The number of nitrogens with one attached hydrogen (secondary N) is 2. The molecule has 0 saturated heterocycles. The number of nitro groups is 1. The first kappa shape index (κ1) is 21.5. The molecule has 0 aliphatic carbocycles. The fourth-order valence-corrected chi connectivity index (χ4v) is 2.65. The second-order valence-corrected chi connectivity index (χ2v) is 6.07. The lowest BCUT2D eigenvalue weighted by Gasteiger charge is -2.18. The van der Waals surface area contributed by atoms with Gasteiger partial charge in [0.05, 0.1) is 43.5 Å². The van der Waals surface area contributed by atoms with Crippen LogP contribution in [0.25, 0.3) is 0 Å². The number of amides is 1. The SMILES string of the molecule is CC[NH+](CC)CCC[NH2+][C@@H](CC(=O)Nc1cccc([N+](=O)[O-])c1)C(=O)[O-]. The Morgan fingerprint density at radius 3 is 2.58 bits per heavy atom. The second-order valence-electron chi connectivity index (χ2n) is 6.07. The van der Waals surface area contributed by atoms with Gasteiger partial charge in [0, 0.05) is 24.2 Å². The lowest BCUT2D eigenvalue weighted by atomic mass is 10.2. The van der Waals surface area contributed by atoms with Gasteiger partial charge in [-0.25, -0.2) is 0 Å². The number of rotatable bonds is 12. The Labute approximate surface area is 152 Å². The van der Waals surface area contributed by atoms with Crippen LogP contribution in [0.5, 0.6) is 0 Å². The molecule has 0 aliphatic heterocycles. The van der Waals surface area contributed by atoms with Crippen LogP contribution < -0.4 is 20.6 Å². The fraction of sp³-hybridized carbons (Fsp3) is 0.529. The van der Waals surface area contributed by atoms with E-state index in [-0.39, 0.29) is 17.8 Å². The molecule has 0 bridgehead atoms. The highest BCUT2D eigenvalue weighted by atomic mass is 16.6. The van der Waals surface area contributed by atoms with E-state index in [2.05, 4.69) is 19.2 Å². The summed E-state index contributed by atoms with van der Waals surface area (Å²) in [6.07, 6.45) is 0.580. The second kappa shape index (κ2) is 11.2. The van der Waals surface area contributed by atoms with E-state index < -0.39 is 22.8 Å². The molecule has 26 heavy (non-hydrogen) atoms. The first-order valence-corrected chi connectivity index (χ1v) is 8.79. The maximum Gasteiger partial charge on any atom is 0.271 e. The topological polar surface area (TPSA) is 133 Å². The van der Waals surface area contributed by atoms with Crippen molar-refractivity contribution in [1.82, 2.24) is 0 Å². The van der Waals surface area contributed by atoms with Crippen LogP contribution >= 0.6 is 0 Å². The van der Waals surface area contributed by atoms with Gasteiger partial charge in [-0.15, -0.1) is 0 Å². The minimum Gasteiger partial charge on any atom is -0.544 e. The molecular weight excluding hydrogens is 340 g/mol. The number of carbonyl (C=O) groups excluding carboxylic acids is 2. The molecule has 0 spiro atoms.